The van der Waals surface area contributed by atoms with E-state index in [1.165, 1.54) is 28.7 Å². The number of thioether (sulfide) groups is 2. The molecule has 0 unspecified atom stereocenters. The smallest absolute Gasteiger partial charge is 0.250 e. The van der Waals surface area contributed by atoms with Gasteiger partial charge in [-0.25, -0.2) is 5.43 Å². The van der Waals surface area contributed by atoms with E-state index in [2.05, 4.69) is 37.8 Å². The Bertz CT molecular complexity index is 855. The number of aromatic nitrogens is 3. The molecule has 0 bridgehead atoms. The van der Waals surface area contributed by atoms with Crippen molar-refractivity contribution in [1.29, 1.82) is 0 Å². The third kappa shape index (κ3) is 6.25. The highest BCUT2D eigenvalue weighted by molar-refractivity contribution is 8.03. The van der Waals surface area contributed by atoms with Crippen molar-refractivity contribution in [3.05, 3.63) is 66.0 Å². The molecule has 0 atom stereocenters. The standard InChI is InChI=1S/C17H15N5OS3/c23-15(20-19-10-14-7-4-8-18-9-14)12-25-17-22-21-16(26-17)24-11-13-5-2-1-3-6-13/h1-10H,11-12H2,(H,20,23)/b19-10+. The average Bonchev–Trinajstić information content (AvgIpc) is 3.14. The van der Waals surface area contributed by atoms with Gasteiger partial charge in [-0.05, 0) is 11.6 Å². The summed E-state index contributed by atoms with van der Waals surface area (Å²) in [5, 5.41) is 12.2. The minimum Gasteiger partial charge on any atom is -0.272 e. The van der Waals surface area contributed by atoms with Crippen LogP contribution in [0, 0.1) is 0 Å². The molecule has 26 heavy (non-hydrogen) atoms. The molecule has 0 saturated heterocycles. The maximum atomic E-state index is 11.8. The summed E-state index contributed by atoms with van der Waals surface area (Å²) >= 11 is 4.48. The van der Waals surface area contributed by atoms with Crippen LogP contribution in [0.15, 0.2) is 68.6 Å². The fourth-order valence-electron chi connectivity index (χ4n) is 1.82. The predicted molar refractivity (Wildman–Crippen MR) is 107 cm³/mol. The van der Waals surface area contributed by atoms with Crippen LogP contribution in [0.5, 0.6) is 0 Å². The van der Waals surface area contributed by atoms with Crippen LogP contribution in [0.1, 0.15) is 11.1 Å². The summed E-state index contributed by atoms with van der Waals surface area (Å²) in [6.07, 6.45) is 4.90. The minimum absolute atomic E-state index is 0.191. The molecule has 132 valence electrons. The molecule has 0 spiro atoms. The third-order valence-corrected chi connectivity index (χ3v) is 6.27. The van der Waals surface area contributed by atoms with Crippen LogP contribution in [0.25, 0.3) is 0 Å². The van der Waals surface area contributed by atoms with Gasteiger partial charge in [0.25, 0.3) is 5.91 Å². The molecule has 0 aliphatic rings. The fourth-order valence-corrected chi connectivity index (χ4v) is 4.59. The lowest BCUT2D eigenvalue weighted by Gasteiger charge is -1.97. The van der Waals surface area contributed by atoms with Crippen molar-refractivity contribution in [2.24, 2.45) is 5.10 Å². The average molecular weight is 402 g/mol. The molecule has 0 saturated carbocycles. The van der Waals surface area contributed by atoms with Crippen molar-refractivity contribution in [2.75, 3.05) is 5.75 Å². The molecular weight excluding hydrogens is 386 g/mol. The molecule has 1 amide bonds. The molecule has 9 heteroatoms. The van der Waals surface area contributed by atoms with Crippen molar-refractivity contribution in [1.82, 2.24) is 20.6 Å². The number of benzene rings is 1. The van der Waals surface area contributed by atoms with Crippen LogP contribution in [0.3, 0.4) is 0 Å². The van der Waals surface area contributed by atoms with Crippen LogP contribution >= 0.6 is 34.9 Å². The lowest BCUT2D eigenvalue weighted by molar-refractivity contribution is -0.118. The molecule has 1 aromatic carbocycles. The van der Waals surface area contributed by atoms with Gasteiger partial charge in [-0.3, -0.25) is 9.78 Å². The Morgan fingerprint density at radius 1 is 1.12 bits per heavy atom. The van der Waals surface area contributed by atoms with Gasteiger partial charge in [-0.1, -0.05) is 71.3 Å². The molecule has 0 aliphatic heterocycles. The second-order valence-electron chi connectivity index (χ2n) is 4.98. The topological polar surface area (TPSA) is 80.1 Å². The Morgan fingerprint density at radius 2 is 1.92 bits per heavy atom. The van der Waals surface area contributed by atoms with Gasteiger partial charge in [0.15, 0.2) is 8.68 Å². The van der Waals surface area contributed by atoms with Gasteiger partial charge in [0.05, 0.1) is 12.0 Å². The third-order valence-electron chi connectivity index (χ3n) is 3.01. The molecule has 0 radical (unpaired) electrons. The van der Waals surface area contributed by atoms with E-state index < -0.39 is 0 Å². The Hall–Kier alpha value is -2.23. The molecule has 1 N–H and O–H groups in total. The summed E-state index contributed by atoms with van der Waals surface area (Å²) in [4.78, 5) is 15.8. The number of pyridine rings is 1. The summed E-state index contributed by atoms with van der Waals surface area (Å²) in [5.41, 5.74) is 4.56. The number of hydrogen-bond acceptors (Lipinski definition) is 8. The lowest BCUT2D eigenvalue weighted by atomic mass is 10.2. The first-order valence-corrected chi connectivity index (χ1v) is 10.4. The fraction of sp³-hybridized carbons (Fsp3) is 0.118. The van der Waals surface area contributed by atoms with Gasteiger partial charge < -0.3 is 0 Å². The zero-order chi connectivity index (χ0) is 18.0. The van der Waals surface area contributed by atoms with Gasteiger partial charge >= 0.3 is 0 Å². The number of carbonyl (C=O) groups excluding carboxylic acids is 1. The molecule has 0 aliphatic carbocycles. The number of rotatable bonds is 8. The second-order valence-corrected chi connectivity index (χ2v) is 8.40. The molecule has 2 aromatic heterocycles. The summed E-state index contributed by atoms with van der Waals surface area (Å²) in [6, 6.07) is 13.9. The lowest BCUT2D eigenvalue weighted by Crippen LogP contribution is -2.19. The number of hydrogen-bond donors (Lipinski definition) is 1. The van der Waals surface area contributed by atoms with Crippen molar-refractivity contribution in [3.8, 4) is 0 Å². The van der Waals surface area contributed by atoms with E-state index in [1.54, 1.807) is 30.4 Å². The summed E-state index contributed by atoms with van der Waals surface area (Å²) < 4.78 is 1.67. The SMILES string of the molecule is O=C(CSc1nnc(SCc2ccccc2)s1)N/N=C/c1cccnc1. The Balaban J connectivity index is 1.40. The largest absolute Gasteiger partial charge is 0.272 e. The summed E-state index contributed by atoms with van der Waals surface area (Å²) in [5.74, 6) is 0.898. The van der Waals surface area contributed by atoms with Gasteiger partial charge in [0, 0.05) is 23.7 Å². The van der Waals surface area contributed by atoms with Crippen LogP contribution in [0.2, 0.25) is 0 Å². The first-order chi connectivity index (χ1) is 12.8. The van der Waals surface area contributed by atoms with Crippen LogP contribution in [-0.2, 0) is 10.5 Å². The van der Waals surface area contributed by atoms with E-state index in [9.17, 15) is 4.79 Å². The molecule has 3 aromatic rings. The minimum atomic E-state index is -0.191. The van der Waals surface area contributed by atoms with Crippen molar-refractivity contribution in [2.45, 2.75) is 14.4 Å². The highest BCUT2D eigenvalue weighted by Gasteiger charge is 2.08. The maximum Gasteiger partial charge on any atom is 0.250 e. The quantitative estimate of drug-likeness (QED) is 0.354. The molecular formula is C17H15N5OS3. The number of hydrazone groups is 1. The second kappa shape index (κ2) is 10.0. The van der Waals surface area contributed by atoms with Crippen molar-refractivity contribution in [3.63, 3.8) is 0 Å². The Morgan fingerprint density at radius 3 is 2.69 bits per heavy atom. The zero-order valence-electron chi connectivity index (χ0n) is 13.6. The number of amides is 1. The van der Waals surface area contributed by atoms with Gasteiger partial charge in [0.2, 0.25) is 0 Å². The highest BCUT2D eigenvalue weighted by Crippen LogP contribution is 2.30. The Kier molecular flexibility index (Phi) is 7.17. The molecule has 0 fully saturated rings. The summed E-state index contributed by atoms with van der Waals surface area (Å²) in [6.45, 7) is 0. The zero-order valence-corrected chi connectivity index (χ0v) is 16.1. The summed E-state index contributed by atoms with van der Waals surface area (Å²) in [7, 11) is 0. The van der Waals surface area contributed by atoms with Gasteiger partial charge in [0.1, 0.15) is 0 Å². The number of nitrogens with one attached hydrogen (secondary N) is 1. The van der Waals surface area contributed by atoms with Crippen molar-refractivity contribution >= 4 is 47.0 Å². The molecule has 6 nitrogen and oxygen atoms in total. The van der Waals surface area contributed by atoms with E-state index in [4.69, 9.17) is 0 Å². The van der Waals surface area contributed by atoms with E-state index in [1.807, 2.05) is 30.3 Å². The molecule has 3 rings (SSSR count). The van der Waals surface area contributed by atoms with Gasteiger partial charge in [-0.15, -0.1) is 10.2 Å². The Labute approximate surface area is 163 Å². The monoisotopic (exact) mass is 401 g/mol. The van der Waals surface area contributed by atoms with E-state index in [-0.39, 0.29) is 11.7 Å². The number of carbonyl (C=O) groups is 1. The predicted octanol–water partition coefficient (Wildman–Crippen LogP) is 3.47. The van der Waals surface area contributed by atoms with Crippen LogP contribution in [0.4, 0.5) is 0 Å². The van der Waals surface area contributed by atoms with Gasteiger partial charge in [-0.2, -0.15) is 5.10 Å². The van der Waals surface area contributed by atoms with Crippen LogP contribution < -0.4 is 5.43 Å². The van der Waals surface area contributed by atoms with E-state index in [0.717, 1.165) is 20.0 Å². The van der Waals surface area contributed by atoms with E-state index >= 15 is 0 Å². The number of nitrogens with zero attached hydrogens (tertiary/aromatic N) is 4. The van der Waals surface area contributed by atoms with Crippen LogP contribution in [-0.4, -0.2) is 33.1 Å². The molecule has 2 heterocycles. The highest BCUT2D eigenvalue weighted by atomic mass is 32.2. The normalized spacial score (nSPS) is 10.9. The first kappa shape index (κ1) is 18.6. The maximum absolute atomic E-state index is 11.8. The van der Waals surface area contributed by atoms with Crippen molar-refractivity contribution < 1.29 is 4.79 Å². The van der Waals surface area contributed by atoms with E-state index in [0.29, 0.717) is 0 Å². The first-order valence-electron chi connectivity index (χ1n) is 7.64.